The molecule has 0 fully saturated rings. The SMILES string of the molecule is COc1ccc2ccccc2c1-n1c(Cl)nc2ccccc21. The number of nitrogens with zero attached hydrogens (tertiary/aromatic N) is 2. The molecule has 0 aliphatic rings. The summed E-state index contributed by atoms with van der Waals surface area (Å²) in [6, 6.07) is 20.1. The quantitative estimate of drug-likeness (QED) is 0.530. The first-order valence-electron chi connectivity index (χ1n) is 6.98. The van der Waals surface area contributed by atoms with Gasteiger partial charge in [0.25, 0.3) is 0 Å². The number of fused-ring (bicyclic) bond motifs is 2. The van der Waals surface area contributed by atoms with Crippen molar-refractivity contribution in [2.75, 3.05) is 7.11 Å². The predicted molar refractivity (Wildman–Crippen MR) is 90.1 cm³/mol. The Hall–Kier alpha value is -2.52. The zero-order chi connectivity index (χ0) is 15.1. The summed E-state index contributed by atoms with van der Waals surface area (Å²) in [7, 11) is 1.67. The van der Waals surface area contributed by atoms with Crippen LogP contribution in [0, 0.1) is 0 Å². The average molecular weight is 309 g/mol. The van der Waals surface area contributed by atoms with Crippen molar-refractivity contribution in [3.63, 3.8) is 0 Å². The van der Waals surface area contributed by atoms with Gasteiger partial charge < -0.3 is 4.74 Å². The second kappa shape index (κ2) is 5.04. The van der Waals surface area contributed by atoms with E-state index in [1.807, 2.05) is 53.1 Å². The lowest BCUT2D eigenvalue weighted by atomic mass is 10.1. The van der Waals surface area contributed by atoms with Gasteiger partial charge in [-0.05, 0) is 35.2 Å². The van der Waals surface area contributed by atoms with Gasteiger partial charge in [-0.1, -0.05) is 42.5 Å². The first-order chi connectivity index (χ1) is 10.8. The summed E-state index contributed by atoms with van der Waals surface area (Å²) in [4.78, 5) is 4.44. The zero-order valence-corrected chi connectivity index (χ0v) is 12.7. The molecule has 22 heavy (non-hydrogen) atoms. The summed E-state index contributed by atoms with van der Waals surface area (Å²) >= 11 is 6.43. The monoisotopic (exact) mass is 308 g/mol. The molecule has 3 nitrogen and oxygen atoms in total. The number of para-hydroxylation sites is 2. The maximum atomic E-state index is 6.43. The van der Waals surface area contributed by atoms with E-state index in [9.17, 15) is 0 Å². The number of ether oxygens (including phenoxy) is 1. The van der Waals surface area contributed by atoms with Gasteiger partial charge >= 0.3 is 0 Å². The molecule has 0 bridgehead atoms. The van der Waals surface area contributed by atoms with Crippen molar-refractivity contribution in [1.29, 1.82) is 0 Å². The van der Waals surface area contributed by atoms with Crippen LogP contribution in [0.25, 0.3) is 27.5 Å². The van der Waals surface area contributed by atoms with Crippen LogP contribution in [0.3, 0.4) is 0 Å². The van der Waals surface area contributed by atoms with Crippen LogP contribution < -0.4 is 4.74 Å². The molecule has 0 atom stereocenters. The molecule has 108 valence electrons. The molecule has 0 unspecified atom stereocenters. The summed E-state index contributed by atoms with van der Waals surface area (Å²) in [5, 5.41) is 2.63. The highest BCUT2D eigenvalue weighted by molar-refractivity contribution is 6.29. The molecule has 0 radical (unpaired) electrons. The van der Waals surface area contributed by atoms with Crippen LogP contribution in [-0.4, -0.2) is 16.7 Å². The summed E-state index contributed by atoms with van der Waals surface area (Å²) in [6.07, 6.45) is 0. The van der Waals surface area contributed by atoms with Gasteiger partial charge in [0.15, 0.2) is 0 Å². The van der Waals surface area contributed by atoms with Gasteiger partial charge in [0, 0.05) is 5.39 Å². The molecular weight excluding hydrogens is 296 g/mol. The van der Waals surface area contributed by atoms with E-state index in [0.29, 0.717) is 5.28 Å². The lowest BCUT2D eigenvalue weighted by molar-refractivity contribution is 0.414. The number of imidazole rings is 1. The third-order valence-electron chi connectivity index (χ3n) is 3.83. The molecule has 4 rings (SSSR count). The molecule has 0 amide bonds. The summed E-state index contributed by atoms with van der Waals surface area (Å²) < 4.78 is 7.52. The molecule has 0 aliphatic heterocycles. The maximum absolute atomic E-state index is 6.43. The van der Waals surface area contributed by atoms with Crippen LogP contribution in [0.1, 0.15) is 0 Å². The molecule has 0 saturated carbocycles. The summed E-state index contributed by atoms with van der Waals surface area (Å²) in [5.74, 6) is 0.767. The molecule has 4 aromatic rings. The van der Waals surface area contributed by atoms with Gasteiger partial charge in [-0.2, -0.15) is 0 Å². The Labute approximate surface area is 132 Å². The molecular formula is C18H13ClN2O. The van der Waals surface area contributed by atoms with E-state index in [2.05, 4.69) is 17.1 Å². The Morgan fingerprint density at radius 2 is 1.73 bits per heavy atom. The predicted octanol–water partition coefficient (Wildman–Crippen LogP) is 4.84. The van der Waals surface area contributed by atoms with Crippen LogP contribution in [0.4, 0.5) is 0 Å². The fourth-order valence-electron chi connectivity index (χ4n) is 2.84. The smallest absolute Gasteiger partial charge is 0.208 e. The minimum atomic E-state index is 0.427. The Balaban J connectivity index is 2.18. The van der Waals surface area contributed by atoms with E-state index in [0.717, 1.165) is 33.2 Å². The topological polar surface area (TPSA) is 27.1 Å². The van der Waals surface area contributed by atoms with E-state index in [4.69, 9.17) is 16.3 Å². The van der Waals surface area contributed by atoms with E-state index in [1.165, 1.54) is 0 Å². The third-order valence-corrected chi connectivity index (χ3v) is 4.08. The fraction of sp³-hybridized carbons (Fsp3) is 0.0556. The van der Waals surface area contributed by atoms with Crippen LogP contribution in [-0.2, 0) is 0 Å². The van der Waals surface area contributed by atoms with Crippen LogP contribution in [0.15, 0.2) is 60.7 Å². The van der Waals surface area contributed by atoms with Crippen molar-refractivity contribution >= 4 is 33.4 Å². The highest BCUT2D eigenvalue weighted by Gasteiger charge is 2.16. The number of aromatic nitrogens is 2. The molecule has 3 aromatic carbocycles. The lowest BCUT2D eigenvalue weighted by Crippen LogP contribution is -1.99. The molecule has 1 aromatic heterocycles. The Morgan fingerprint density at radius 1 is 0.955 bits per heavy atom. The number of rotatable bonds is 2. The average Bonchev–Trinajstić information content (AvgIpc) is 2.89. The molecule has 0 aliphatic carbocycles. The summed E-state index contributed by atoms with van der Waals surface area (Å²) in [5.41, 5.74) is 2.74. The van der Waals surface area contributed by atoms with Crippen LogP contribution >= 0.6 is 11.6 Å². The Bertz CT molecular complexity index is 991. The Morgan fingerprint density at radius 3 is 2.59 bits per heavy atom. The number of methoxy groups -OCH3 is 1. The third kappa shape index (κ3) is 1.86. The number of hydrogen-bond donors (Lipinski definition) is 0. The maximum Gasteiger partial charge on any atom is 0.208 e. The van der Waals surface area contributed by atoms with Crippen molar-refractivity contribution < 1.29 is 4.74 Å². The van der Waals surface area contributed by atoms with E-state index >= 15 is 0 Å². The van der Waals surface area contributed by atoms with Gasteiger partial charge in [0.2, 0.25) is 5.28 Å². The van der Waals surface area contributed by atoms with Crippen molar-refractivity contribution in [3.05, 3.63) is 65.9 Å². The van der Waals surface area contributed by atoms with Gasteiger partial charge in [-0.3, -0.25) is 4.57 Å². The van der Waals surface area contributed by atoms with Gasteiger partial charge in [-0.25, -0.2) is 4.98 Å². The van der Waals surface area contributed by atoms with Crippen LogP contribution in [0.2, 0.25) is 5.28 Å². The highest BCUT2D eigenvalue weighted by atomic mass is 35.5. The van der Waals surface area contributed by atoms with Crippen molar-refractivity contribution in [2.24, 2.45) is 0 Å². The van der Waals surface area contributed by atoms with E-state index in [-0.39, 0.29) is 0 Å². The first-order valence-corrected chi connectivity index (χ1v) is 7.36. The second-order valence-corrected chi connectivity index (χ2v) is 5.38. The number of hydrogen-bond acceptors (Lipinski definition) is 2. The Kier molecular flexibility index (Phi) is 3.01. The van der Waals surface area contributed by atoms with Crippen molar-refractivity contribution in [2.45, 2.75) is 0 Å². The normalized spacial score (nSPS) is 11.2. The molecule has 0 saturated heterocycles. The molecule has 0 N–H and O–H groups in total. The van der Waals surface area contributed by atoms with Gasteiger partial charge in [0.1, 0.15) is 5.75 Å². The van der Waals surface area contributed by atoms with E-state index < -0.39 is 0 Å². The summed E-state index contributed by atoms with van der Waals surface area (Å²) in [6.45, 7) is 0. The number of halogens is 1. The minimum Gasteiger partial charge on any atom is -0.495 e. The zero-order valence-electron chi connectivity index (χ0n) is 12.0. The molecule has 0 spiro atoms. The number of benzene rings is 3. The molecule has 1 heterocycles. The second-order valence-electron chi connectivity index (χ2n) is 5.04. The lowest BCUT2D eigenvalue weighted by Gasteiger charge is -2.14. The van der Waals surface area contributed by atoms with Crippen molar-refractivity contribution in [1.82, 2.24) is 9.55 Å². The van der Waals surface area contributed by atoms with E-state index in [1.54, 1.807) is 7.11 Å². The van der Waals surface area contributed by atoms with Gasteiger partial charge in [0.05, 0.1) is 23.8 Å². The molecule has 4 heteroatoms. The fourth-order valence-corrected chi connectivity index (χ4v) is 3.11. The first kappa shape index (κ1) is 13.2. The van der Waals surface area contributed by atoms with Crippen molar-refractivity contribution in [3.8, 4) is 11.4 Å². The standard InChI is InChI=1S/C18H13ClN2O/c1-22-16-11-10-12-6-2-3-7-13(12)17(16)21-15-9-5-4-8-14(15)20-18(21)19/h2-11H,1H3. The minimum absolute atomic E-state index is 0.427. The van der Waals surface area contributed by atoms with Crippen LogP contribution in [0.5, 0.6) is 5.75 Å². The largest absolute Gasteiger partial charge is 0.495 e. The van der Waals surface area contributed by atoms with Gasteiger partial charge in [-0.15, -0.1) is 0 Å². The highest BCUT2D eigenvalue weighted by Crippen LogP contribution is 2.36.